The van der Waals surface area contributed by atoms with Crippen LogP contribution in [0.4, 0.5) is 0 Å². The van der Waals surface area contributed by atoms with Gasteiger partial charge in [-0.2, -0.15) is 0 Å². The molecule has 0 spiro atoms. The maximum Gasteiger partial charge on any atom is 0.352 e. The molecule has 2 aromatic rings. The Hall–Kier alpha value is -2.19. The van der Waals surface area contributed by atoms with E-state index in [2.05, 4.69) is 10.3 Å². The van der Waals surface area contributed by atoms with Crippen molar-refractivity contribution >= 4 is 69.1 Å². The molecule has 0 radical (unpaired) electrons. The Bertz CT molecular complexity index is 1050. The molecule has 3 atom stereocenters. The molecule has 2 aliphatic rings. The zero-order valence-electron chi connectivity index (χ0n) is 15.7. The third kappa shape index (κ3) is 4.28. The van der Waals surface area contributed by atoms with Crippen molar-refractivity contribution in [1.82, 2.24) is 15.2 Å². The lowest BCUT2D eigenvalue weighted by Crippen LogP contribution is -2.71. The maximum atomic E-state index is 12.7. The lowest BCUT2D eigenvalue weighted by molar-refractivity contribution is -0.150. The average Bonchev–Trinajstić information content (AvgIpc) is 3.48. The number of β-lactam (4-membered cyclic amide) rings is 1. The molecule has 2 aromatic heterocycles. The molecular formula is C18H16N4O5S4. The van der Waals surface area contributed by atoms with Crippen LogP contribution in [-0.2, 0) is 14.4 Å². The number of rotatable bonds is 7. The Labute approximate surface area is 193 Å². The number of fused-ring (bicyclic) bond motifs is 1. The van der Waals surface area contributed by atoms with Crippen LogP contribution in [0.3, 0.4) is 0 Å². The summed E-state index contributed by atoms with van der Waals surface area (Å²) in [5.41, 5.74) is 6.31. The van der Waals surface area contributed by atoms with E-state index >= 15 is 0 Å². The molecule has 13 heteroatoms. The zero-order valence-corrected chi connectivity index (χ0v) is 19.0. The summed E-state index contributed by atoms with van der Waals surface area (Å²) in [6, 6.07) is 1.78. The number of nitrogens with one attached hydrogen (secondary N) is 1. The van der Waals surface area contributed by atoms with Gasteiger partial charge in [0, 0.05) is 28.0 Å². The Morgan fingerprint density at radius 3 is 2.81 bits per heavy atom. The van der Waals surface area contributed by atoms with Gasteiger partial charge in [-0.05, 0) is 17.0 Å². The van der Waals surface area contributed by atoms with Gasteiger partial charge in [-0.25, -0.2) is 9.78 Å². The van der Waals surface area contributed by atoms with Gasteiger partial charge in [0.25, 0.3) is 5.91 Å². The van der Waals surface area contributed by atoms with E-state index in [1.54, 1.807) is 22.9 Å². The van der Waals surface area contributed by atoms with E-state index in [1.165, 1.54) is 45.5 Å². The molecule has 0 saturated carbocycles. The molecule has 1 fully saturated rings. The molecule has 4 heterocycles. The highest BCUT2D eigenvalue weighted by Crippen LogP contribution is 2.41. The number of carboxylic acid groups (broad SMARTS) is 1. The van der Waals surface area contributed by atoms with Gasteiger partial charge in [0.2, 0.25) is 11.0 Å². The highest BCUT2D eigenvalue weighted by atomic mass is 32.2. The third-order valence-electron chi connectivity index (χ3n) is 4.66. The SMILES string of the molecule is NC(C(=O)NC1C(=O)N2C(C(=O)O)=C(CSC(=O)c3nccs3)CS[C@H]12)c1cccs1. The molecule has 0 aromatic carbocycles. The molecule has 0 bridgehead atoms. The second-order valence-corrected chi connectivity index (χ2v) is 10.5. The number of amides is 2. The van der Waals surface area contributed by atoms with Crippen molar-refractivity contribution in [3.63, 3.8) is 0 Å². The molecule has 2 amide bonds. The highest BCUT2D eigenvalue weighted by molar-refractivity contribution is 8.14. The summed E-state index contributed by atoms with van der Waals surface area (Å²) < 4.78 is 0. The van der Waals surface area contributed by atoms with Crippen LogP contribution in [0, 0.1) is 0 Å². The first-order chi connectivity index (χ1) is 14.9. The number of aromatic nitrogens is 1. The number of carboxylic acids is 1. The van der Waals surface area contributed by atoms with Gasteiger partial charge in [0.05, 0.1) is 0 Å². The molecular weight excluding hydrogens is 480 g/mol. The number of thiophene rings is 1. The number of nitrogens with zero attached hydrogens (tertiary/aromatic N) is 2. The van der Waals surface area contributed by atoms with Gasteiger partial charge in [0.1, 0.15) is 23.2 Å². The fourth-order valence-electron chi connectivity index (χ4n) is 3.17. The van der Waals surface area contributed by atoms with Gasteiger partial charge in [-0.3, -0.25) is 19.3 Å². The standard InChI is InChI=1S/C18H16N4O5S4/c19-10(9-2-1-4-28-9)13(23)21-11-15(24)22-12(17(25)26)8(6-30-16(11)22)7-31-18(27)14-20-3-5-29-14/h1-5,10-11,16H,6-7,19H2,(H,21,23)(H,25,26)/t10?,11?,16-/m1/s1. The van der Waals surface area contributed by atoms with Crippen LogP contribution in [0.15, 0.2) is 40.4 Å². The van der Waals surface area contributed by atoms with E-state index in [1.807, 2.05) is 0 Å². The van der Waals surface area contributed by atoms with Crippen molar-refractivity contribution in [2.24, 2.45) is 5.73 Å². The summed E-state index contributed by atoms with van der Waals surface area (Å²) in [5, 5.41) is 15.4. The summed E-state index contributed by atoms with van der Waals surface area (Å²) in [5.74, 6) is -1.76. The Balaban J connectivity index is 1.44. The predicted octanol–water partition coefficient (Wildman–Crippen LogP) is 1.52. The van der Waals surface area contributed by atoms with Crippen LogP contribution in [0.2, 0.25) is 0 Å². The van der Waals surface area contributed by atoms with Crippen molar-refractivity contribution in [3.8, 4) is 0 Å². The van der Waals surface area contributed by atoms with Crippen LogP contribution in [-0.4, -0.2) is 60.8 Å². The van der Waals surface area contributed by atoms with E-state index in [9.17, 15) is 24.3 Å². The first-order valence-electron chi connectivity index (χ1n) is 8.94. The molecule has 9 nitrogen and oxygen atoms in total. The summed E-state index contributed by atoms with van der Waals surface area (Å²) in [6.07, 6.45) is 1.53. The molecule has 31 heavy (non-hydrogen) atoms. The quantitative estimate of drug-likeness (QED) is 0.486. The minimum Gasteiger partial charge on any atom is -0.477 e. The number of thiazole rings is 1. The number of aliphatic carboxylic acids is 1. The van der Waals surface area contributed by atoms with E-state index in [4.69, 9.17) is 5.73 Å². The number of carbonyl (C=O) groups excluding carboxylic acids is 3. The minimum atomic E-state index is -1.24. The average molecular weight is 497 g/mol. The first kappa shape index (κ1) is 22.0. The number of nitrogens with two attached hydrogens (primary N) is 1. The molecule has 162 valence electrons. The summed E-state index contributed by atoms with van der Waals surface area (Å²) >= 11 is 4.86. The third-order valence-corrected chi connectivity index (χ3v) is 8.81. The van der Waals surface area contributed by atoms with Crippen molar-refractivity contribution in [3.05, 3.63) is 50.2 Å². The van der Waals surface area contributed by atoms with Crippen molar-refractivity contribution in [2.45, 2.75) is 17.5 Å². The van der Waals surface area contributed by atoms with Gasteiger partial charge in [-0.1, -0.05) is 17.8 Å². The van der Waals surface area contributed by atoms with Crippen LogP contribution in [0.1, 0.15) is 20.7 Å². The first-order valence-corrected chi connectivity index (χ1v) is 12.7. The summed E-state index contributed by atoms with van der Waals surface area (Å²) in [4.78, 5) is 55.0. The topological polar surface area (TPSA) is 143 Å². The Morgan fingerprint density at radius 2 is 2.16 bits per heavy atom. The minimum absolute atomic E-state index is 0.124. The highest BCUT2D eigenvalue weighted by Gasteiger charge is 2.54. The lowest BCUT2D eigenvalue weighted by atomic mass is 10.0. The fraction of sp³-hybridized carbons (Fsp3) is 0.278. The van der Waals surface area contributed by atoms with Gasteiger partial charge >= 0.3 is 5.97 Å². The number of hydrogen-bond donors (Lipinski definition) is 3. The number of thioether (sulfide) groups is 2. The van der Waals surface area contributed by atoms with Crippen LogP contribution < -0.4 is 11.1 Å². The second-order valence-electron chi connectivity index (χ2n) is 6.56. The summed E-state index contributed by atoms with van der Waals surface area (Å²) in [6.45, 7) is 0. The van der Waals surface area contributed by atoms with Crippen LogP contribution in [0.5, 0.6) is 0 Å². The van der Waals surface area contributed by atoms with Crippen molar-refractivity contribution < 1.29 is 24.3 Å². The molecule has 2 unspecified atom stereocenters. The van der Waals surface area contributed by atoms with Gasteiger partial charge in [0.15, 0.2) is 5.01 Å². The summed E-state index contributed by atoms with van der Waals surface area (Å²) in [7, 11) is 0. The van der Waals surface area contributed by atoms with Gasteiger partial charge < -0.3 is 16.2 Å². The number of carbonyl (C=O) groups is 4. The molecule has 1 saturated heterocycles. The van der Waals surface area contributed by atoms with Crippen molar-refractivity contribution in [1.29, 1.82) is 0 Å². The Kier molecular flexibility index (Phi) is 6.48. The van der Waals surface area contributed by atoms with E-state index < -0.39 is 35.2 Å². The predicted molar refractivity (Wildman–Crippen MR) is 120 cm³/mol. The van der Waals surface area contributed by atoms with Crippen LogP contribution in [0.25, 0.3) is 0 Å². The normalized spacial score (nSPS) is 21.3. The molecule has 2 aliphatic heterocycles. The second kappa shape index (κ2) is 9.12. The molecule has 4 N–H and O–H groups in total. The molecule has 0 aliphatic carbocycles. The van der Waals surface area contributed by atoms with Crippen LogP contribution >= 0.6 is 46.2 Å². The number of hydrogen-bond acceptors (Lipinski definition) is 10. The monoisotopic (exact) mass is 496 g/mol. The Morgan fingerprint density at radius 1 is 1.35 bits per heavy atom. The zero-order chi connectivity index (χ0) is 22.1. The van der Waals surface area contributed by atoms with E-state index in [-0.39, 0.29) is 16.6 Å². The van der Waals surface area contributed by atoms with Gasteiger partial charge in [-0.15, -0.1) is 34.4 Å². The lowest BCUT2D eigenvalue weighted by Gasteiger charge is -2.49. The van der Waals surface area contributed by atoms with E-state index in [0.29, 0.717) is 21.2 Å². The maximum absolute atomic E-state index is 12.7. The van der Waals surface area contributed by atoms with Crippen molar-refractivity contribution in [2.75, 3.05) is 11.5 Å². The fourth-order valence-corrected chi connectivity index (χ4v) is 6.88. The smallest absolute Gasteiger partial charge is 0.352 e. The largest absolute Gasteiger partial charge is 0.477 e. The van der Waals surface area contributed by atoms with E-state index in [0.717, 1.165) is 11.8 Å². The molecule has 4 rings (SSSR count).